The summed E-state index contributed by atoms with van der Waals surface area (Å²) >= 11 is 0. The smallest absolute Gasteiger partial charge is 0.251 e. The third-order valence-corrected chi connectivity index (χ3v) is 5.37. The molecule has 2 saturated carbocycles. The van der Waals surface area contributed by atoms with Crippen LogP contribution in [0.5, 0.6) is 0 Å². The van der Waals surface area contributed by atoms with E-state index in [9.17, 15) is 9.59 Å². The van der Waals surface area contributed by atoms with Crippen LogP contribution in [-0.4, -0.2) is 24.4 Å². The fraction of sp³-hybridized carbons (Fsp3) is 0.579. The number of halogens is 1. The van der Waals surface area contributed by atoms with Crippen molar-refractivity contribution in [1.82, 2.24) is 5.32 Å². The number of hydrogen-bond acceptors (Lipinski definition) is 3. The molecular weight excluding hydrogens is 338 g/mol. The molecule has 1 aromatic rings. The Morgan fingerprint density at radius 3 is 2.64 bits per heavy atom. The molecule has 0 spiro atoms. The number of hydrogen-bond donors (Lipinski definition) is 3. The van der Waals surface area contributed by atoms with Gasteiger partial charge in [0.05, 0.1) is 0 Å². The lowest BCUT2D eigenvalue weighted by atomic mass is 9.84. The Balaban J connectivity index is 0.00000225. The van der Waals surface area contributed by atoms with E-state index in [0.717, 1.165) is 25.7 Å². The molecule has 2 amide bonds. The number of benzene rings is 1. The third-order valence-electron chi connectivity index (χ3n) is 5.37. The van der Waals surface area contributed by atoms with E-state index in [-0.39, 0.29) is 36.2 Å². The second kappa shape index (κ2) is 8.68. The molecule has 3 rings (SSSR count). The molecule has 0 saturated heterocycles. The SMILES string of the molecule is CC1CC1C(=O)Nc1cccc(C(=O)NC2CCCCC2CN)c1.Cl. The minimum Gasteiger partial charge on any atom is -0.349 e. The molecular formula is C19H28ClN3O2. The van der Waals surface area contributed by atoms with Crippen LogP contribution < -0.4 is 16.4 Å². The Labute approximate surface area is 155 Å². The predicted octanol–water partition coefficient (Wildman–Crippen LogP) is 2.95. The van der Waals surface area contributed by atoms with Gasteiger partial charge in [0.1, 0.15) is 0 Å². The zero-order valence-corrected chi connectivity index (χ0v) is 15.5. The zero-order valence-electron chi connectivity index (χ0n) is 14.7. The molecule has 0 aliphatic heterocycles. The van der Waals surface area contributed by atoms with Gasteiger partial charge in [0.15, 0.2) is 0 Å². The Bertz CT molecular complexity index is 622. The molecule has 1 aromatic carbocycles. The van der Waals surface area contributed by atoms with Crippen LogP contribution in [0.25, 0.3) is 0 Å². The van der Waals surface area contributed by atoms with Gasteiger partial charge in [0, 0.05) is 23.2 Å². The van der Waals surface area contributed by atoms with Crippen molar-refractivity contribution in [2.75, 3.05) is 11.9 Å². The first-order valence-electron chi connectivity index (χ1n) is 9.00. The second-order valence-corrected chi connectivity index (χ2v) is 7.25. The summed E-state index contributed by atoms with van der Waals surface area (Å²) in [6, 6.07) is 7.32. The van der Waals surface area contributed by atoms with Gasteiger partial charge in [0.2, 0.25) is 5.91 Å². The van der Waals surface area contributed by atoms with E-state index in [2.05, 4.69) is 17.6 Å². The van der Waals surface area contributed by atoms with Gasteiger partial charge in [-0.25, -0.2) is 0 Å². The molecule has 5 nitrogen and oxygen atoms in total. The predicted molar refractivity (Wildman–Crippen MR) is 102 cm³/mol. The van der Waals surface area contributed by atoms with Crippen molar-refractivity contribution < 1.29 is 9.59 Å². The van der Waals surface area contributed by atoms with Crippen LogP contribution >= 0.6 is 12.4 Å². The van der Waals surface area contributed by atoms with Crippen molar-refractivity contribution in [1.29, 1.82) is 0 Å². The van der Waals surface area contributed by atoms with Crippen LogP contribution in [0, 0.1) is 17.8 Å². The molecule has 2 aliphatic carbocycles. The maximum absolute atomic E-state index is 12.5. The number of amides is 2. The van der Waals surface area contributed by atoms with Crippen LogP contribution in [0.1, 0.15) is 49.4 Å². The van der Waals surface area contributed by atoms with Crippen molar-refractivity contribution in [2.24, 2.45) is 23.5 Å². The molecule has 0 aromatic heterocycles. The summed E-state index contributed by atoms with van der Waals surface area (Å²) in [7, 11) is 0. The van der Waals surface area contributed by atoms with E-state index >= 15 is 0 Å². The highest BCUT2D eigenvalue weighted by Crippen LogP contribution is 2.38. The molecule has 138 valence electrons. The topological polar surface area (TPSA) is 84.2 Å². The van der Waals surface area contributed by atoms with Crippen LogP contribution in [0.15, 0.2) is 24.3 Å². The van der Waals surface area contributed by atoms with Crippen molar-refractivity contribution in [3.8, 4) is 0 Å². The minimum absolute atomic E-state index is 0. The third kappa shape index (κ3) is 4.95. The van der Waals surface area contributed by atoms with E-state index in [0.29, 0.717) is 29.6 Å². The van der Waals surface area contributed by atoms with Crippen molar-refractivity contribution in [3.05, 3.63) is 29.8 Å². The number of nitrogens with two attached hydrogens (primary N) is 1. The molecule has 4 unspecified atom stereocenters. The number of carbonyl (C=O) groups excluding carboxylic acids is 2. The lowest BCUT2D eigenvalue weighted by Crippen LogP contribution is -2.44. The summed E-state index contributed by atoms with van der Waals surface area (Å²) in [5.41, 5.74) is 7.10. The fourth-order valence-corrected chi connectivity index (χ4v) is 3.59. The Hall–Kier alpha value is -1.59. The van der Waals surface area contributed by atoms with Crippen molar-refractivity contribution in [2.45, 2.75) is 45.1 Å². The Morgan fingerprint density at radius 2 is 1.96 bits per heavy atom. The summed E-state index contributed by atoms with van der Waals surface area (Å²) < 4.78 is 0. The first-order chi connectivity index (χ1) is 11.6. The molecule has 0 bridgehead atoms. The number of rotatable bonds is 5. The quantitative estimate of drug-likeness (QED) is 0.750. The molecule has 0 heterocycles. The van der Waals surface area contributed by atoms with E-state index < -0.39 is 0 Å². The van der Waals surface area contributed by atoms with Gasteiger partial charge in [-0.15, -0.1) is 12.4 Å². The van der Waals surface area contributed by atoms with Gasteiger partial charge in [-0.1, -0.05) is 25.8 Å². The number of carbonyl (C=O) groups is 2. The van der Waals surface area contributed by atoms with Crippen LogP contribution in [-0.2, 0) is 4.79 Å². The van der Waals surface area contributed by atoms with Crippen LogP contribution in [0.3, 0.4) is 0 Å². The lowest BCUT2D eigenvalue weighted by Gasteiger charge is -2.31. The zero-order chi connectivity index (χ0) is 17.1. The first-order valence-corrected chi connectivity index (χ1v) is 9.00. The molecule has 0 radical (unpaired) electrons. The first kappa shape index (κ1) is 19.7. The fourth-order valence-electron chi connectivity index (χ4n) is 3.59. The monoisotopic (exact) mass is 365 g/mol. The highest BCUT2D eigenvalue weighted by Gasteiger charge is 2.39. The molecule has 4 N–H and O–H groups in total. The van der Waals surface area contributed by atoms with Crippen molar-refractivity contribution >= 4 is 29.9 Å². The number of nitrogens with one attached hydrogen (secondary N) is 2. The molecule has 2 fully saturated rings. The summed E-state index contributed by atoms with van der Waals surface area (Å²) in [6.45, 7) is 2.69. The molecule has 2 aliphatic rings. The largest absolute Gasteiger partial charge is 0.349 e. The van der Waals surface area contributed by atoms with E-state index in [1.54, 1.807) is 12.1 Å². The van der Waals surface area contributed by atoms with E-state index in [1.165, 1.54) is 6.42 Å². The van der Waals surface area contributed by atoms with Gasteiger partial charge < -0.3 is 16.4 Å². The summed E-state index contributed by atoms with van der Waals surface area (Å²) in [5.74, 6) is 0.916. The minimum atomic E-state index is -0.0868. The Kier molecular flexibility index (Phi) is 6.85. The second-order valence-electron chi connectivity index (χ2n) is 7.25. The van der Waals surface area contributed by atoms with Gasteiger partial charge in [0.25, 0.3) is 5.91 Å². The summed E-state index contributed by atoms with van der Waals surface area (Å²) in [4.78, 5) is 24.6. The molecule has 25 heavy (non-hydrogen) atoms. The maximum Gasteiger partial charge on any atom is 0.251 e. The highest BCUT2D eigenvalue weighted by molar-refractivity contribution is 5.98. The molecule has 4 atom stereocenters. The van der Waals surface area contributed by atoms with Crippen molar-refractivity contribution in [3.63, 3.8) is 0 Å². The van der Waals surface area contributed by atoms with Gasteiger partial charge >= 0.3 is 0 Å². The standard InChI is InChI=1S/C19H27N3O2.ClH/c1-12-9-16(12)19(24)21-15-7-4-6-13(10-15)18(23)22-17-8-3-2-5-14(17)11-20;/h4,6-7,10,12,14,16-17H,2-3,5,8-9,11,20H2,1H3,(H,21,24)(H,22,23);1H. The summed E-state index contributed by atoms with van der Waals surface area (Å²) in [5, 5.41) is 6.04. The maximum atomic E-state index is 12.5. The summed E-state index contributed by atoms with van der Waals surface area (Å²) in [6.07, 6.45) is 5.35. The average molecular weight is 366 g/mol. The Morgan fingerprint density at radius 1 is 1.24 bits per heavy atom. The van der Waals surface area contributed by atoms with E-state index in [1.807, 2.05) is 12.1 Å². The van der Waals surface area contributed by atoms with Gasteiger partial charge in [-0.05, 0) is 55.8 Å². The highest BCUT2D eigenvalue weighted by atomic mass is 35.5. The number of anilines is 1. The lowest BCUT2D eigenvalue weighted by molar-refractivity contribution is -0.117. The average Bonchev–Trinajstić information content (AvgIpc) is 3.32. The van der Waals surface area contributed by atoms with Gasteiger partial charge in [-0.3, -0.25) is 9.59 Å². The van der Waals surface area contributed by atoms with E-state index in [4.69, 9.17) is 5.73 Å². The van der Waals surface area contributed by atoms with Crippen LogP contribution in [0.4, 0.5) is 5.69 Å². The van der Waals surface area contributed by atoms with Crippen LogP contribution in [0.2, 0.25) is 0 Å². The molecule has 6 heteroatoms. The van der Waals surface area contributed by atoms with Gasteiger partial charge in [-0.2, -0.15) is 0 Å². The normalized spacial score (nSPS) is 27.8.